The summed E-state index contributed by atoms with van der Waals surface area (Å²) in [6.07, 6.45) is 0. The van der Waals surface area contributed by atoms with Gasteiger partial charge in [-0.1, -0.05) is 0 Å². The molecule has 0 bridgehead atoms. The molecule has 0 spiro atoms. The number of aromatic amines is 1. The molecular formula is C10H8FN3O2S. The van der Waals surface area contributed by atoms with Gasteiger partial charge in [0.25, 0.3) is 0 Å². The number of H-pyrrole nitrogens is 1. The van der Waals surface area contributed by atoms with Gasteiger partial charge in [0.2, 0.25) is 5.16 Å². The molecule has 7 heteroatoms. The highest BCUT2D eigenvalue weighted by atomic mass is 32.2. The first-order chi connectivity index (χ1) is 8.06. The molecule has 0 fully saturated rings. The van der Waals surface area contributed by atoms with E-state index in [-0.39, 0.29) is 10.5 Å². The van der Waals surface area contributed by atoms with Crippen molar-refractivity contribution < 1.29 is 14.3 Å². The summed E-state index contributed by atoms with van der Waals surface area (Å²) in [6.45, 7) is 1.74. The second kappa shape index (κ2) is 4.54. The summed E-state index contributed by atoms with van der Waals surface area (Å²) in [5.41, 5.74) is -0.0852. The molecule has 2 rings (SSSR count). The average molecular weight is 253 g/mol. The number of carboxylic acid groups (broad SMARTS) is 1. The Balaban J connectivity index is 2.25. The SMILES string of the molecule is Cc1nc(Sc2ccc(C(=O)O)cc2F)n[nH]1. The maximum atomic E-state index is 13.6. The predicted octanol–water partition coefficient (Wildman–Crippen LogP) is 2.10. The minimum Gasteiger partial charge on any atom is -0.478 e. The van der Waals surface area contributed by atoms with Gasteiger partial charge in [0, 0.05) is 0 Å². The summed E-state index contributed by atoms with van der Waals surface area (Å²) >= 11 is 1.03. The van der Waals surface area contributed by atoms with E-state index in [1.54, 1.807) is 6.92 Å². The first-order valence-electron chi connectivity index (χ1n) is 4.66. The lowest BCUT2D eigenvalue weighted by atomic mass is 10.2. The van der Waals surface area contributed by atoms with E-state index in [1.165, 1.54) is 12.1 Å². The molecule has 0 saturated carbocycles. The van der Waals surface area contributed by atoms with Crippen molar-refractivity contribution in [2.24, 2.45) is 0 Å². The molecule has 1 heterocycles. The van der Waals surface area contributed by atoms with Gasteiger partial charge in [-0.25, -0.2) is 14.2 Å². The predicted molar refractivity (Wildman–Crippen MR) is 58.6 cm³/mol. The van der Waals surface area contributed by atoms with Crippen LogP contribution < -0.4 is 0 Å². The van der Waals surface area contributed by atoms with Gasteiger partial charge in [-0.2, -0.15) is 0 Å². The third kappa shape index (κ3) is 2.62. The van der Waals surface area contributed by atoms with Gasteiger partial charge in [0.1, 0.15) is 11.6 Å². The van der Waals surface area contributed by atoms with E-state index in [0.717, 1.165) is 17.8 Å². The fourth-order valence-corrected chi connectivity index (χ4v) is 1.95. The van der Waals surface area contributed by atoms with Crippen LogP contribution in [0.15, 0.2) is 28.3 Å². The Morgan fingerprint density at radius 2 is 2.29 bits per heavy atom. The number of rotatable bonds is 3. The Hall–Kier alpha value is -1.89. The molecule has 88 valence electrons. The van der Waals surface area contributed by atoms with Crippen molar-refractivity contribution >= 4 is 17.7 Å². The van der Waals surface area contributed by atoms with Gasteiger partial charge in [-0.05, 0) is 36.9 Å². The maximum Gasteiger partial charge on any atom is 0.335 e. The van der Waals surface area contributed by atoms with Crippen LogP contribution >= 0.6 is 11.8 Å². The number of aromatic nitrogens is 3. The first kappa shape index (κ1) is 11.6. The molecule has 0 radical (unpaired) electrons. The summed E-state index contributed by atoms with van der Waals surface area (Å²) in [5, 5.41) is 15.6. The van der Waals surface area contributed by atoms with E-state index >= 15 is 0 Å². The number of halogens is 1. The van der Waals surface area contributed by atoms with Crippen molar-refractivity contribution in [2.45, 2.75) is 17.0 Å². The lowest BCUT2D eigenvalue weighted by molar-refractivity contribution is 0.0696. The van der Waals surface area contributed by atoms with Crippen LogP contribution in [0.5, 0.6) is 0 Å². The molecule has 0 saturated heterocycles. The van der Waals surface area contributed by atoms with E-state index in [2.05, 4.69) is 15.2 Å². The minimum atomic E-state index is -1.16. The zero-order valence-electron chi connectivity index (χ0n) is 8.77. The molecule has 17 heavy (non-hydrogen) atoms. The van der Waals surface area contributed by atoms with E-state index in [0.29, 0.717) is 11.0 Å². The molecule has 1 aromatic carbocycles. The van der Waals surface area contributed by atoms with Crippen LogP contribution in [0.4, 0.5) is 4.39 Å². The molecule has 0 unspecified atom stereocenters. The number of carbonyl (C=O) groups is 1. The molecule has 0 atom stereocenters. The largest absolute Gasteiger partial charge is 0.478 e. The Kier molecular flexibility index (Phi) is 3.10. The van der Waals surface area contributed by atoms with Crippen LogP contribution in [0.2, 0.25) is 0 Å². The maximum absolute atomic E-state index is 13.6. The topological polar surface area (TPSA) is 78.9 Å². The Labute approximate surface area is 100 Å². The number of hydrogen-bond donors (Lipinski definition) is 2. The van der Waals surface area contributed by atoms with E-state index in [1.807, 2.05) is 0 Å². The van der Waals surface area contributed by atoms with Crippen LogP contribution in [0, 0.1) is 12.7 Å². The third-order valence-electron chi connectivity index (χ3n) is 1.96. The third-order valence-corrected chi connectivity index (χ3v) is 2.87. The number of nitrogens with zero attached hydrogens (tertiary/aromatic N) is 2. The van der Waals surface area contributed by atoms with Crippen LogP contribution in [0.1, 0.15) is 16.2 Å². The molecule has 2 aromatic rings. The molecular weight excluding hydrogens is 245 g/mol. The van der Waals surface area contributed by atoms with Crippen LogP contribution in [0.3, 0.4) is 0 Å². The second-order valence-electron chi connectivity index (χ2n) is 3.26. The van der Waals surface area contributed by atoms with Crippen LogP contribution in [-0.4, -0.2) is 26.3 Å². The summed E-state index contributed by atoms with van der Waals surface area (Å²) in [4.78, 5) is 14.9. The highest BCUT2D eigenvalue weighted by Gasteiger charge is 2.11. The normalized spacial score (nSPS) is 10.5. The molecule has 0 aliphatic rings. The van der Waals surface area contributed by atoms with Crippen molar-refractivity contribution in [3.63, 3.8) is 0 Å². The molecule has 0 aliphatic heterocycles. The number of aryl methyl sites for hydroxylation is 1. The van der Waals surface area contributed by atoms with Crippen molar-refractivity contribution in [1.82, 2.24) is 15.2 Å². The van der Waals surface area contributed by atoms with E-state index < -0.39 is 11.8 Å². The standard InChI is InChI=1S/C10H8FN3O2S/c1-5-12-10(14-13-5)17-8-3-2-6(9(15)16)4-7(8)11/h2-4H,1H3,(H,15,16)(H,12,13,14). The van der Waals surface area contributed by atoms with Crippen molar-refractivity contribution in [1.29, 1.82) is 0 Å². The van der Waals surface area contributed by atoms with Gasteiger partial charge in [-0.3, -0.25) is 5.10 Å². The quantitative estimate of drug-likeness (QED) is 0.875. The fourth-order valence-electron chi connectivity index (χ4n) is 1.18. The smallest absolute Gasteiger partial charge is 0.335 e. The number of hydrogen-bond acceptors (Lipinski definition) is 4. The molecule has 0 aliphatic carbocycles. The van der Waals surface area contributed by atoms with Crippen molar-refractivity contribution in [2.75, 3.05) is 0 Å². The lowest BCUT2D eigenvalue weighted by Gasteiger charge is -2.00. The van der Waals surface area contributed by atoms with Gasteiger partial charge >= 0.3 is 5.97 Å². The van der Waals surface area contributed by atoms with Gasteiger partial charge in [-0.15, -0.1) is 5.10 Å². The van der Waals surface area contributed by atoms with E-state index in [4.69, 9.17) is 5.11 Å². The van der Waals surface area contributed by atoms with Crippen LogP contribution in [-0.2, 0) is 0 Å². The summed E-state index contributed by atoms with van der Waals surface area (Å²) in [5.74, 6) is -1.12. The molecule has 1 aromatic heterocycles. The fraction of sp³-hybridized carbons (Fsp3) is 0.100. The highest BCUT2D eigenvalue weighted by molar-refractivity contribution is 7.99. The van der Waals surface area contributed by atoms with Gasteiger partial charge in [0.15, 0.2) is 0 Å². The Morgan fingerprint density at radius 1 is 1.53 bits per heavy atom. The monoisotopic (exact) mass is 253 g/mol. The Morgan fingerprint density at radius 3 is 2.82 bits per heavy atom. The Bertz CT molecular complexity index is 570. The molecule has 2 N–H and O–H groups in total. The minimum absolute atomic E-state index is 0.0852. The highest BCUT2D eigenvalue weighted by Crippen LogP contribution is 2.27. The van der Waals surface area contributed by atoms with Crippen molar-refractivity contribution in [3.05, 3.63) is 35.4 Å². The molecule has 5 nitrogen and oxygen atoms in total. The van der Waals surface area contributed by atoms with Crippen molar-refractivity contribution in [3.8, 4) is 0 Å². The summed E-state index contributed by atoms with van der Waals surface area (Å²) < 4.78 is 13.6. The number of benzene rings is 1. The number of carboxylic acids is 1. The van der Waals surface area contributed by atoms with E-state index in [9.17, 15) is 9.18 Å². The number of nitrogens with one attached hydrogen (secondary N) is 1. The average Bonchev–Trinajstić information content (AvgIpc) is 2.67. The summed E-state index contributed by atoms with van der Waals surface area (Å²) in [7, 11) is 0. The van der Waals surface area contributed by atoms with Gasteiger partial charge in [0.05, 0.1) is 10.5 Å². The second-order valence-corrected chi connectivity index (χ2v) is 4.26. The zero-order chi connectivity index (χ0) is 12.4. The lowest BCUT2D eigenvalue weighted by Crippen LogP contribution is -1.97. The molecule has 0 amide bonds. The number of aromatic carboxylic acids is 1. The first-order valence-corrected chi connectivity index (χ1v) is 5.47. The van der Waals surface area contributed by atoms with Crippen LogP contribution in [0.25, 0.3) is 0 Å². The van der Waals surface area contributed by atoms with Gasteiger partial charge < -0.3 is 5.11 Å². The zero-order valence-corrected chi connectivity index (χ0v) is 9.58. The summed E-state index contributed by atoms with van der Waals surface area (Å²) in [6, 6.07) is 3.71.